The zero-order valence-electron chi connectivity index (χ0n) is 9.96. The van der Waals surface area contributed by atoms with E-state index in [0.29, 0.717) is 5.56 Å². The van der Waals surface area contributed by atoms with Crippen LogP contribution >= 0.6 is 0 Å². The summed E-state index contributed by atoms with van der Waals surface area (Å²) in [7, 11) is 1.24. The van der Waals surface area contributed by atoms with Gasteiger partial charge < -0.3 is 19.9 Å². The number of carbonyl (C=O) groups is 1. The molecule has 2 rings (SSSR count). The third-order valence-corrected chi connectivity index (χ3v) is 2.89. The number of aliphatic hydroxyl groups is 2. The minimum absolute atomic E-state index is 0.233. The van der Waals surface area contributed by atoms with Crippen molar-refractivity contribution in [2.45, 2.75) is 18.6 Å². The Balaban J connectivity index is 2.16. The van der Waals surface area contributed by atoms with Crippen LogP contribution in [0.1, 0.15) is 18.1 Å². The molecule has 2 unspecified atom stereocenters. The van der Waals surface area contributed by atoms with Crippen LogP contribution in [0.2, 0.25) is 0 Å². The van der Waals surface area contributed by atoms with Gasteiger partial charge in [0.05, 0.1) is 19.6 Å². The molecule has 0 aliphatic rings. The maximum atomic E-state index is 11.0. The molecule has 0 saturated carbocycles. The summed E-state index contributed by atoms with van der Waals surface area (Å²) >= 11 is 0. The second-order valence-electron chi connectivity index (χ2n) is 4.12. The van der Waals surface area contributed by atoms with Gasteiger partial charge in [-0.15, -0.1) is 0 Å². The molecule has 2 atom stereocenters. The Labute approximate surface area is 104 Å². The van der Waals surface area contributed by atoms with E-state index in [-0.39, 0.29) is 6.42 Å². The van der Waals surface area contributed by atoms with Gasteiger partial charge in [0.15, 0.2) is 0 Å². The second kappa shape index (κ2) is 5.20. The SMILES string of the molecule is COC(=O)CC(O)C(O)c1ccc2[nH]ccc2c1. The van der Waals surface area contributed by atoms with Gasteiger partial charge in [-0.1, -0.05) is 6.07 Å². The standard InChI is InChI=1S/C13H15NO4/c1-18-12(16)7-11(15)13(17)9-2-3-10-8(6-9)4-5-14-10/h2-6,11,13-15,17H,7H2,1H3. The Hall–Kier alpha value is -1.85. The number of H-pyrrole nitrogens is 1. The average molecular weight is 249 g/mol. The van der Waals surface area contributed by atoms with Crippen LogP contribution in [0.4, 0.5) is 0 Å². The molecular weight excluding hydrogens is 234 g/mol. The lowest BCUT2D eigenvalue weighted by Crippen LogP contribution is -2.22. The van der Waals surface area contributed by atoms with Crippen molar-refractivity contribution in [1.82, 2.24) is 4.98 Å². The van der Waals surface area contributed by atoms with Gasteiger partial charge in [0.1, 0.15) is 6.10 Å². The van der Waals surface area contributed by atoms with E-state index in [1.165, 1.54) is 7.11 Å². The number of carbonyl (C=O) groups excluding carboxylic acids is 1. The molecule has 0 amide bonds. The quantitative estimate of drug-likeness (QED) is 0.709. The summed E-state index contributed by atoms with van der Waals surface area (Å²) in [6.07, 6.45) is -0.716. The molecule has 0 fully saturated rings. The van der Waals surface area contributed by atoms with Gasteiger partial charge in [-0.05, 0) is 29.1 Å². The van der Waals surface area contributed by atoms with Gasteiger partial charge in [-0.3, -0.25) is 4.79 Å². The molecule has 0 spiro atoms. The zero-order valence-corrected chi connectivity index (χ0v) is 9.96. The number of aromatic amines is 1. The Bertz CT molecular complexity index is 549. The molecule has 1 heterocycles. The van der Waals surface area contributed by atoms with Crippen molar-refractivity contribution in [3.05, 3.63) is 36.0 Å². The number of rotatable bonds is 4. The third kappa shape index (κ3) is 2.52. The van der Waals surface area contributed by atoms with Gasteiger partial charge in [0, 0.05) is 11.7 Å². The number of methoxy groups -OCH3 is 1. The predicted octanol–water partition coefficient (Wildman–Crippen LogP) is 1.13. The van der Waals surface area contributed by atoms with Crippen molar-refractivity contribution in [2.24, 2.45) is 0 Å². The Morgan fingerprint density at radius 2 is 2.17 bits per heavy atom. The number of ether oxygens (including phenoxy) is 1. The molecule has 3 N–H and O–H groups in total. The fraction of sp³-hybridized carbons (Fsp3) is 0.308. The highest BCUT2D eigenvalue weighted by Crippen LogP contribution is 2.23. The largest absolute Gasteiger partial charge is 0.469 e. The highest BCUT2D eigenvalue weighted by molar-refractivity contribution is 5.80. The highest BCUT2D eigenvalue weighted by atomic mass is 16.5. The van der Waals surface area contributed by atoms with Crippen molar-refractivity contribution >= 4 is 16.9 Å². The normalized spacial score (nSPS) is 14.4. The topological polar surface area (TPSA) is 82.6 Å². The van der Waals surface area contributed by atoms with E-state index in [4.69, 9.17) is 0 Å². The van der Waals surface area contributed by atoms with E-state index < -0.39 is 18.2 Å². The smallest absolute Gasteiger partial charge is 0.308 e. The lowest BCUT2D eigenvalue weighted by Gasteiger charge is -2.17. The number of esters is 1. The summed E-state index contributed by atoms with van der Waals surface area (Å²) in [6.45, 7) is 0. The summed E-state index contributed by atoms with van der Waals surface area (Å²) < 4.78 is 4.45. The van der Waals surface area contributed by atoms with Crippen LogP contribution in [0.15, 0.2) is 30.5 Å². The second-order valence-corrected chi connectivity index (χ2v) is 4.12. The molecule has 0 bridgehead atoms. The van der Waals surface area contributed by atoms with Gasteiger partial charge in [0.25, 0.3) is 0 Å². The Morgan fingerprint density at radius 3 is 2.89 bits per heavy atom. The lowest BCUT2D eigenvalue weighted by atomic mass is 10.0. The van der Waals surface area contributed by atoms with E-state index in [9.17, 15) is 15.0 Å². The maximum Gasteiger partial charge on any atom is 0.308 e. The molecule has 1 aromatic carbocycles. The molecule has 5 heteroatoms. The summed E-state index contributed by atoms with van der Waals surface area (Å²) in [5, 5.41) is 20.6. The molecule has 2 aromatic rings. The number of fused-ring (bicyclic) bond motifs is 1. The van der Waals surface area contributed by atoms with Crippen molar-refractivity contribution in [1.29, 1.82) is 0 Å². The molecule has 1 aromatic heterocycles. The maximum absolute atomic E-state index is 11.0. The van der Waals surface area contributed by atoms with Crippen LogP contribution in [-0.2, 0) is 9.53 Å². The van der Waals surface area contributed by atoms with Crippen molar-refractivity contribution in [3.8, 4) is 0 Å². The van der Waals surface area contributed by atoms with Gasteiger partial charge in [-0.2, -0.15) is 0 Å². The van der Waals surface area contributed by atoms with Gasteiger partial charge in [0.2, 0.25) is 0 Å². The monoisotopic (exact) mass is 249 g/mol. The van der Waals surface area contributed by atoms with Crippen LogP contribution < -0.4 is 0 Å². The minimum atomic E-state index is -1.17. The first-order valence-corrected chi connectivity index (χ1v) is 5.62. The summed E-state index contributed by atoms with van der Waals surface area (Å²) in [5.74, 6) is -0.552. The van der Waals surface area contributed by atoms with Crippen LogP contribution in [0.25, 0.3) is 10.9 Å². The molecule has 0 aliphatic carbocycles. The molecule has 96 valence electrons. The number of hydrogen-bond donors (Lipinski definition) is 3. The van der Waals surface area contributed by atoms with Crippen molar-refractivity contribution < 1.29 is 19.7 Å². The first-order chi connectivity index (χ1) is 8.61. The van der Waals surface area contributed by atoms with Crippen LogP contribution in [-0.4, -0.2) is 34.4 Å². The fourth-order valence-electron chi connectivity index (χ4n) is 1.84. The molecular formula is C13H15NO4. The first kappa shape index (κ1) is 12.6. The Morgan fingerprint density at radius 1 is 1.39 bits per heavy atom. The Kier molecular flexibility index (Phi) is 3.64. The number of nitrogens with one attached hydrogen (secondary N) is 1. The predicted molar refractivity (Wildman–Crippen MR) is 65.9 cm³/mol. The van der Waals surface area contributed by atoms with Crippen molar-refractivity contribution in [2.75, 3.05) is 7.11 Å². The molecule has 5 nitrogen and oxygen atoms in total. The molecule has 18 heavy (non-hydrogen) atoms. The molecule has 0 aliphatic heterocycles. The average Bonchev–Trinajstić information content (AvgIpc) is 2.84. The number of hydrogen-bond acceptors (Lipinski definition) is 4. The summed E-state index contributed by atoms with van der Waals surface area (Å²) in [5.41, 5.74) is 1.52. The van der Waals surface area contributed by atoms with E-state index in [1.54, 1.807) is 18.3 Å². The van der Waals surface area contributed by atoms with E-state index in [0.717, 1.165) is 10.9 Å². The number of benzene rings is 1. The molecule has 0 saturated heterocycles. The number of aromatic nitrogens is 1. The van der Waals surface area contributed by atoms with Crippen molar-refractivity contribution in [3.63, 3.8) is 0 Å². The summed E-state index contributed by atoms with van der Waals surface area (Å²) in [4.78, 5) is 14.1. The van der Waals surface area contributed by atoms with Crippen LogP contribution in [0.5, 0.6) is 0 Å². The lowest BCUT2D eigenvalue weighted by molar-refractivity contribution is -0.144. The van der Waals surface area contributed by atoms with Crippen LogP contribution in [0, 0.1) is 0 Å². The van der Waals surface area contributed by atoms with Crippen LogP contribution in [0.3, 0.4) is 0 Å². The summed E-state index contributed by atoms with van der Waals surface area (Å²) in [6, 6.07) is 7.18. The fourth-order valence-corrected chi connectivity index (χ4v) is 1.84. The van der Waals surface area contributed by atoms with E-state index >= 15 is 0 Å². The highest BCUT2D eigenvalue weighted by Gasteiger charge is 2.22. The zero-order chi connectivity index (χ0) is 13.1. The minimum Gasteiger partial charge on any atom is -0.469 e. The third-order valence-electron chi connectivity index (χ3n) is 2.89. The van der Waals surface area contributed by atoms with Gasteiger partial charge >= 0.3 is 5.97 Å². The van der Waals surface area contributed by atoms with E-state index in [1.807, 2.05) is 12.1 Å². The van der Waals surface area contributed by atoms with Gasteiger partial charge in [-0.25, -0.2) is 0 Å². The van der Waals surface area contributed by atoms with E-state index in [2.05, 4.69) is 9.72 Å². The molecule has 0 radical (unpaired) electrons. The first-order valence-electron chi connectivity index (χ1n) is 5.62. The number of aliphatic hydroxyl groups excluding tert-OH is 2.